The summed E-state index contributed by atoms with van der Waals surface area (Å²) in [5.74, 6) is -1.33. The van der Waals surface area contributed by atoms with Crippen molar-refractivity contribution < 1.29 is 28.7 Å². The van der Waals surface area contributed by atoms with Crippen molar-refractivity contribution in [2.45, 2.75) is 18.6 Å². The Bertz CT molecular complexity index is 243. The Hall–Kier alpha value is 0.260. The second-order valence-corrected chi connectivity index (χ2v) is 6.31. The monoisotopic (exact) mass is 233 g/mol. The molecule has 1 unspecified atom stereocenters. The van der Waals surface area contributed by atoms with Gasteiger partial charge in [-0.1, -0.05) is 0 Å². The molecule has 0 aliphatic rings. The lowest BCUT2D eigenvalue weighted by molar-refractivity contribution is 0.350. The van der Waals surface area contributed by atoms with E-state index in [0.717, 1.165) is 0 Å². The van der Waals surface area contributed by atoms with Crippen molar-refractivity contribution in [1.29, 1.82) is 0 Å². The van der Waals surface area contributed by atoms with E-state index in [-0.39, 0.29) is 12.8 Å². The fourth-order valence-corrected chi connectivity index (χ4v) is 1.79. The zero-order valence-electron chi connectivity index (χ0n) is 6.78. The van der Waals surface area contributed by atoms with E-state index in [1.54, 1.807) is 0 Å². The summed E-state index contributed by atoms with van der Waals surface area (Å²) in [6.45, 7) is 0. The van der Waals surface area contributed by atoms with Gasteiger partial charge >= 0.3 is 15.2 Å². The van der Waals surface area contributed by atoms with Gasteiger partial charge in [-0.05, 0) is 12.8 Å². The molecule has 6 N–H and O–H groups in total. The van der Waals surface area contributed by atoms with E-state index in [0.29, 0.717) is 0 Å². The van der Waals surface area contributed by atoms with E-state index in [9.17, 15) is 9.13 Å². The summed E-state index contributed by atoms with van der Waals surface area (Å²) in [4.78, 5) is 33.8. The Morgan fingerprint density at radius 2 is 1.62 bits per heavy atom. The first kappa shape index (κ1) is 13.3. The Balaban J connectivity index is 3.80. The topological polar surface area (TPSA) is 141 Å². The van der Waals surface area contributed by atoms with Crippen molar-refractivity contribution in [3.8, 4) is 0 Å². The Morgan fingerprint density at radius 1 is 1.15 bits per heavy atom. The van der Waals surface area contributed by atoms with E-state index in [2.05, 4.69) is 0 Å². The van der Waals surface area contributed by atoms with Crippen LogP contribution in [0.2, 0.25) is 0 Å². The van der Waals surface area contributed by atoms with Crippen LogP contribution in [0.3, 0.4) is 0 Å². The summed E-state index contributed by atoms with van der Waals surface area (Å²) in [6.07, 6.45) is -0.507. The maximum Gasteiger partial charge on any atom is 0.342 e. The van der Waals surface area contributed by atoms with Gasteiger partial charge in [0, 0.05) is 6.16 Å². The molecule has 0 rings (SSSR count). The highest BCUT2D eigenvalue weighted by Crippen LogP contribution is 2.42. The van der Waals surface area contributed by atoms with Gasteiger partial charge in [0.25, 0.3) is 0 Å². The standard InChI is InChI=1S/C4H13NO6P2/c5-4(13(9,10)11)2-1-3-12(6,7)8/h4H,1-3,5H2,(H2,6,7,8)(H2,9,10,11). The number of nitrogens with two attached hydrogens (primary N) is 1. The predicted molar refractivity (Wildman–Crippen MR) is 46.2 cm³/mol. The third-order valence-corrected chi connectivity index (χ3v) is 3.40. The summed E-state index contributed by atoms with van der Waals surface area (Å²) >= 11 is 0. The van der Waals surface area contributed by atoms with Crippen molar-refractivity contribution in [2.24, 2.45) is 5.73 Å². The van der Waals surface area contributed by atoms with Gasteiger partial charge in [-0.15, -0.1) is 0 Å². The molecule has 13 heavy (non-hydrogen) atoms. The minimum absolute atomic E-state index is 0.00342. The lowest BCUT2D eigenvalue weighted by Gasteiger charge is -2.12. The van der Waals surface area contributed by atoms with Crippen LogP contribution in [0.15, 0.2) is 0 Å². The van der Waals surface area contributed by atoms with E-state index in [1.165, 1.54) is 0 Å². The zero-order valence-corrected chi connectivity index (χ0v) is 8.56. The number of hydrogen-bond donors (Lipinski definition) is 5. The summed E-state index contributed by atoms with van der Waals surface area (Å²) in [7, 11) is -8.40. The predicted octanol–water partition coefficient (Wildman–Crippen LogP) is -0.593. The average molecular weight is 233 g/mol. The van der Waals surface area contributed by atoms with Gasteiger partial charge in [0.15, 0.2) is 0 Å². The minimum Gasteiger partial charge on any atom is -0.324 e. The first-order chi connectivity index (χ1) is 5.63. The maximum atomic E-state index is 10.5. The highest BCUT2D eigenvalue weighted by atomic mass is 31.2. The quantitative estimate of drug-likeness (QED) is 0.399. The van der Waals surface area contributed by atoms with E-state index in [4.69, 9.17) is 25.3 Å². The van der Waals surface area contributed by atoms with Crippen molar-refractivity contribution in [2.75, 3.05) is 6.16 Å². The first-order valence-corrected chi connectivity index (χ1v) is 6.96. The minimum atomic E-state index is -4.31. The summed E-state index contributed by atoms with van der Waals surface area (Å²) in [5, 5.41) is 0. The van der Waals surface area contributed by atoms with Gasteiger partial charge in [0.2, 0.25) is 0 Å². The van der Waals surface area contributed by atoms with Gasteiger partial charge in [-0.2, -0.15) is 0 Å². The van der Waals surface area contributed by atoms with E-state index < -0.39 is 27.1 Å². The van der Waals surface area contributed by atoms with Crippen molar-refractivity contribution >= 4 is 15.2 Å². The van der Waals surface area contributed by atoms with Crippen LogP contribution in [-0.2, 0) is 9.13 Å². The molecule has 0 bridgehead atoms. The third-order valence-electron chi connectivity index (χ3n) is 1.38. The molecule has 0 amide bonds. The molecule has 0 saturated heterocycles. The largest absolute Gasteiger partial charge is 0.342 e. The van der Waals surface area contributed by atoms with Crippen LogP contribution in [0.5, 0.6) is 0 Å². The maximum absolute atomic E-state index is 10.5. The molecule has 0 aromatic heterocycles. The van der Waals surface area contributed by atoms with Crippen LogP contribution in [0.1, 0.15) is 12.8 Å². The van der Waals surface area contributed by atoms with E-state index >= 15 is 0 Å². The molecule has 0 aliphatic heterocycles. The van der Waals surface area contributed by atoms with Crippen LogP contribution < -0.4 is 5.73 Å². The average Bonchev–Trinajstić information content (AvgIpc) is 1.82. The number of hydrogen-bond acceptors (Lipinski definition) is 3. The van der Waals surface area contributed by atoms with Crippen LogP contribution >= 0.6 is 15.2 Å². The van der Waals surface area contributed by atoms with Gasteiger partial charge in [-0.3, -0.25) is 9.13 Å². The molecule has 0 heterocycles. The van der Waals surface area contributed by atoms with Crippen LogP contribution in [0.4, 0.5) is 0 Å². The molecule has 80 valence electrons. The molecular weight excluding hydrogens is 220 g/mol. The summed E-state index contributed by atoms with van der Waals surface area (Å²) in [5.41, 5.74) is 5.06. The molecule has 0 aliphatic carbocycles. The zero-order chi connectivity index (χ0) is 10.7. The summed E-state index contributed by atoms with van der Waals surface area (Å²) in [6, 6.07) is 0. The molecule has 0 fully saturated rings. The lowest BCUT2D eigenvalue weighted by atomic mass is 10.3. The Labute approximate surface area is 75.3 Å². The Kier molecular flexibility index (Phi) is 4.76. The second-order valence-electron chi connectivity index (χ2n) is 2.69. The molecule has 0 aromatic rings. The molecule has 0 aromatic carbocycles. The second kappa shape index (κ2) is 4.66. The number of rotatable bonds is 5. The lowest BCUT2D eigenvalue weighted by Crippen LogP contribution is -2.20. The Morgan fingerprint density at radius 3 is 1.92 bits per heavy atom. The van der Waals surface area contributed by atoms with Gasteiger partial charge in [0.05, 0.1) is 0 Å². The normalized spacial score (nSPS) is 15.8. The molecule has 0 saturated carbocycles. The SMILES string of the molecule is NC(CCCP(=O)(O)O)P(=O)(O)O. The third kappa shape index (κ3) is 7.34. The van der Waals surface area contributed by atoms with E-state index in [1.807, 2.05) is 0 Å². The van der Waals surface area contributed by atoms with Crippen molar-refractivity contribution in [3.63, 3.8) is 0 Å². The highest BCUT2D eigenvalue weighted by molar-refractivity contribution is 7.52. The van der Waals surface area contributed by atoms with Crippen LogP contribution in [0, 0.1) is 0 Å². The fraction of sp³-hybridized carbons (Fsp3) is 1.00. The van der Waals surface area contributed by atoms with Gasteiger partial charge in [0.1, 0.15) is 5.78 Å². The van der Waals surface area contributed by atoms with Crippen molar-refractivity contribution in [1.82, 2.24) is 0 Å². The molecule has 0 spiro atoms. The van der Waals surface area contributed by atoms with Crippen LogP contribution in [0.25, 0.3) is 0 Å². The van der Waals surface area contributed by atoms with Gasteiger partial charge < -0.3 is 25.3 Å². The first-order valence-electron chi connectivity index (χ1n) is 3.48. The molecule has 7 nitrogen and oxygen atoms in total. The highest BCUT2D eigenvalue weighted by Gasteiger charge is 2.25. The van der Waals surface area contributed by atoms with Crippen molar-refractivity contribution in [3.05, 3.63) is 0 Å². The molecule has 0 radical (unpaired) electrons. The summed E-state index contributed by atoms with van der Waals surface area (Å²) < 4.78 is 20.8. The molecular formula is C4H13NO6P2. The smallest absolute Gasteiger partial charge is 0.324 e. The van der Waals surface area contributed by atoms with Crippen LogP contribution in [-0.4, -0.2) is 31.5 Å². The molecule has 1 atom stereocenters. The van der Waals surface area contributed by atoms with Gasteiger partial charge in [-0.25, -0.2) is 0 Å². The fourth-order valence-electron chi connectivity index (χ4n) is 0.675. The molecule has 9 heteroatoms.